The quantitative estimate of drug-likeness (QED) is 0.280. The third kappa shape index (κ3) is 3.98. The minimum Gasteiger partial charge on any atom is -0.377 e. The number of halogens is 9. The number of rotatable bonds is 6. The van der Waals surface area contributed by atoms with Gasteiger partial charge in [-0.05, 0) is 34.7 Å². The molecule has 0 aliphatic carbocycles. The Morgan fingerprint density at radius 3 is 1.82 bits per heavy atom. The Kier molecular flexibility index (Phi) is 5.85. The van der Waals surface area contributed by atoms with E-state index in [2.05, 4.69) is 4.18 Å². The molecule has 3 aromatic rings. The van der Waals surface area contributed by atoms with E-state index in [0.29, 0.717) is 11.1 Å². The molecule has 0 aromatic heterocycles. The highest BCUT2D eigenvalue weighted by molar-refractivity contribution is 7.88. The molecule has 0 spiro atoms. The van der Waals surface area contributed by atoms with Crippen LogP contribution in [-0.4, -0.2) is 31.7 Å². The Labute approximate surface area is 180 Å². The SMILES string of the molecule is O=S(=O)(Oc1cccc2cc(-c3ccccc3)ccc12)C(F)(F)C(F)(F)C(F)(F)C(F)(F)F. The van der Waals surface area contributed by atoms with Gasteiger partial charge in [0.1, 0.15) is 0 Å². The monoisotopic (exact) mass is 502 g/mol. The van der Waals surface area contributed by atoms with E-state index in [-0.39, 0.29) is 10.8 Å². The maximum atomic E-state index is 13.9. The van der Waals surface area contributed by atoms with Crippen LogP contribution in [0.25, 0.3) is 21.9 Å². The average molecular weight is 502 g/mol. The summed E-state index contributed by atoms with van der Waals surface area (Å²) >= 11 is 0. The maximum absolute atomic E-state index is 13.9. The molecule has 0 atom stereocenters. The predicted molar refractivity (Wildman–Crippen MR) is 99.8 cm³/mol. The zero-order valence-electron chi connectivity index (χ0n) is 15.9. The van der Waals surface area contributed by atoms with Gasteiger partial charge in [0.15, 0.2) is 5.75 Å². The van der Waals surface area contributed by atoms with E-state index >= 15 is 0 Å². The second kappa shape index (κ2) is 7.82. The van der Waals surface area contributed by atoms with Gasteiger partial charge in [0.2, 0.25) is 0 Å². The van der Waals surface area contributed by atoms with Gasteiger partial charge in [-0.25, -0.2) is 0 Å². The summed E-state index contributed by atoms with van der Waals surface area (Å²) in [5.74, 6) is -15.7. The fraction of sp³-hybridized carbons (Fsp3) is 0.200. The molecule has 3 aromatic carbocycles. The van der Waals surface area contributed by atoms with Gasteiger partial charge in [-0.2, -0.15) is 47.9 Å². The van der Waals surface area contributed by atoms with Crippen molar-refractivity contribution < 1.29 is 52.1 Å². The first-order chi connectivity index (χ1) is 15.0. The van der Waals surface area contributed by atoms with Crippen LogP contribution in [0.2, 0.25) is 0 Å². The summed E-state index contributed by atoms with van der Waals surface area (Å²) in [6, 6.07) is 15.9. The molecule has 0 saturated heterocycles. The second-order valence-electron chi connectivity index (χ2n) is 6.76. The molecule has 0 unspecified atom stereocenters. The Balaban J connectivity index is 2.03. The zero-order chi connectivity index (χ0) is 24.9. The molecule has 3 rings (SSSR count). The van der Waals surface area contributed by atoms with Gasteiger partial charge < -0.3 is 4.18 Å². The summed E-state index contributed by atoms with van der Waals surface area (Å²) in [5.41, 5.74) is 1.30. The largest absolute Gasteiger partial charge is 0.460 e. The number of hydrogen-bond donors (Lipinski definition) is 0. The molecule has 0 heterocycles. The lowest BCUT2D eigenvalue weighted by atomic mass is 10.0. The van der Waals surface area contributed by atoms with E-state index in [4.69, 9.17) is 0 Å². The van der Waals surface area contributed by atoms with E-state index in [1.54, 1.807) is 30.3 Å². The minimum absolute atomic E-state index is 0.180. The van der Waals surface area contributed by atoms with Crippen LogP contribution in [0.3, 0.4) is 0 Å². The highest BCUT2D eigenvalue weighted by Gasteiger charge is 2.86. The smallest absolute Gasteiger partial charge is 0.377 e. The number of alkyl halides is 9. The van der Waals surface area contributed by atoms with Gasteiger partial charge in [-0.3, -0.25) is 0 Å². The van der Waals surface area contributed by atoms with Crippen molar-refractivity contribution >= 4 is 20.9 Å². The summed E-state index contributed by atoms with van der Waals surface area (Å²) in [4.78, 5) is 0. The van der Waals surface area contributed by atoms with Crippen molar-refractivity contribution in [3.05, 3.63) is 66.7 Å². The Bertz CT molecular complexity index is 1270. The lowest BCUT2D eigenvalue weighted by Crippen LogP contribution is -2.63. The normalized spacial score (nSPS) is 13.8. The molecule has 3 nitrogen and oxygen atoms in total. The fourth-order valence-corrected chi connectivity index (χ4v) is 3.75. The first kappa shape index (κ1) is 24.7. The van der Waals surface area contributed by atoms with Gasteiger partial charge in [-0.15, -0.1) is 0 Å². The average Bonchev–Trinajstić information content (AvgIpc) is 2.72. The summed E-state index contributed by atoms with van der Waals surface area (Å²) in [5, 5.41) is -6.97. The highest BCUT2D eigenvalue weighted by Crippen LogP contribution is 2.55. The molecule has 0 bridgehead atoms. The summed E-state index contributed by atoms with van der Waals surface area (Å²) in [7, 11) is -7.03. The van der Waals surface area contributed by atoms with E-state index in [9.17, 15) is 47.9 Å². The van der Waals surface area contributed by atoms with Crippen molar-refractivity contribution in [2.45, 2.75) is 23.3 Å². The minimum atomic E-state index is -7.37. The van der Waals surface area contributed by atoms with E-state index in [1.165, 1.54) is 24.3 Å². The van der Waals surface area contributed by atoms with Crippen molar-refractivity contribution in [2.75, 3.05) is 0 Å². The first-order valence-corrected chi connectivity index (χ1v) is 10.2. The van der Waals surface area contributed by atoms with Crippen LogP contribution < -0.4 is 4.18 Å². The Morgan fingerprint density at radius 1 is 0.636 bits per heavy atom. The van der Waals surface area contributed by atoms with Crippen LogP contribution in [0.15, 0.2) is 66.7 Å². The van der Waals surface area contributed by atoms with Crippen LogP contribution in [0.5, 0.6) is 5.75 Å². The molecule has 13 heteroatoms. The lowest BCUT2D eigenvalue weighted by molar-refractivity contribution is -0.382. The molecule has 0 saturated carbocycles. The standard InChI is InChI=1S/C20H11F9O3S/c21-17(22,19(25,26)27)18(23,24)20(28,29)33(30,31)32-16-8-4-7-14-11-13(9-10-15(14)16)12-5-2-1-3-6-12/h1-11H. The molecule has 0 amide bonds. The van der Waals surface area contributed by atoms with Crippen LogP contribution in [0.1, 0.15) is 0 Å². The van der Waals surface area contributed by atoms with E-state index in [1.807, 2.05) is 0 Å². The highest BCUT2D eigenvalue weighted by atomic mass is 32.2. The summed E-state index contributed by atoms with van der Waals surface area (Å²) in [6.45, 7) is 0. The molecular formula is C20H11F9O3S. The predicted octanol–water partition coefficient (Wildman–Crippen LogP) is 6.64. The number of hydrogen-bond acceptors (Lipinski definition) is 3. The van der Waals surface area contributed by atoms with Crippen LogP contribution in [0, 0.1) is 0 Å². The molecular weight excluding hydrogens is 491 g/mol. The number of benzene rings is 3. The first-order valence-electron chi connectivity index (χ1n) is 8.75. The molecule has 0 radical (unpaired) electrons. The van der Waals surface area contributed by atoms with E-state index in [0.717, 1.165) is 12.1 Å². The molecule has 0 N–H and O–H groups in total. The van der Waals surface area contributed by atoms with Gasteiger partial charge in [0.05, 0.1) is 0 Å². The molecule has 0 aliphatic heterocycles. The zero-order valence-corrected chi connectivity index (χ0v) is 16.7. The molecule has 0 aliphatic rings. The van der Waals surface area contributed by atoms with Crippen molar-refractivity contribution in [3.8, 4) is 16.9 Å². The van der Waals surface area contributed by atoms with E-state index < -0.39 is 39.1 Å². The summed E-state index contributed by atoms with van der Waals surface area (Å²) < 4.78 is 145. The molecule has 178 valence electrons. The number of fused-ring (bicyclic) bond motifs is 1. The molecule has 0 fully saturated rings. The van der Waals surface area contributed by atoms with Crippen molar-refractivity contribution in [2.24, 2.45) is 0 Å². The van der Waals surface area contributed by atoms with Crippen molar-refractivity contribution in [1.29, 1.82) is 0 Å². The fourth-order valence-electron chi connectivity index (χ4n) is 2.83. The van der Waals surface area contributed by atoms with Crippen LogP contribution in [-0.2, 0) is 10.1 Å². The topological polar surface area (TPSA) is 43.4 Å². The third-order valence-corrected chi connectivity index (χ3v) is 5.86. The van der Waals surface area contributed by atoms with Gasteiger partial charge in [0, 0.05) is 5.39 Å². The Hall–Kier alpha value is -2.96. The summed E-state index contributed by atoms with van der Waals surface area (Å²) in [6.07, 6.45) is -7.16. The second-order valence-corrected chi connectivity index (χ2v) is 8.35. The van der Waals surface area contributed by atoms with Gasteiger partial charge in [-0.1, -0.05) is 48.5 Å². The van der Waals surface area contributed by atoms with Gasteiger partial charge >= 0.3 is 33.4 Å². The Morgan fingerprint density at radius 2 is 1.24 bits per heavy atom. The van der Waals surface area contributed by atoms with Crippen molar-refractivity contribution in [3.63, 3.8) is 0 Å². The van der Waals surface area contributed by atoms with Crippen LogP contribution >= 0.6 is 0 Å². The third-order valence-electron chi connectivity index (χ3n) is 4.58. The van der Waals surface area contributed by atoms with Crippen LogP contribution in [0.4, 0.5) is 39.5 Å². The lowest BCUT2D eigenvalue weighted by Gasteiger charge is -2.32. The maximum Gasteiger partial charge on any atom is 0.460 e. The molecule has 33 heavy (non-hydrogen) atoms. The van der Waals surface area contributed by atoms with Gasteiger partial charge in [0.25, 0.3) is 0 Å². The van der Waals surface area contributed by atoms with Crippen molar-refractivity contribution in [1.82, 2.24) is 0 Å².